The van der Waals surface area contributed by atoms with Crippen LogP contribution in [-0.2, 0) is 13.5 Å². The lowest BCUT2D eigenvalue weighted by molar-refractivity contribution is 0.204. The number of aryl methyl sites for hydroxylation is 2. The molecule has 18 heavy (non-hydrogen) atoms. The van der Waals surface area contributed by atoms with Crippen LogP contribution in [0, 0.1) is 5.82 Å². The summed E-state index contributed by atoms with van der Waals surface area (Å²) in [6.45, 7) is 1.98. The van der Waals surface area contributed by atoms with Gasteiger partial charge in [-0.2, -0.15) is 5.10 Å². The zero-order valence-electron chi connectivity index (χ0n) is 10.2. The summed E-state index contributed by atoms with van der Waals surface area (Å²) in [5, 5.41) is 14.5. The van der Waals surface area contributed by atoms with Crippen molar-refractivity contribution in [1.29, 1.82) is 0 Å². The molecule has 0 fully saturated rings. The Kier molecular flexibility index (Phi) is 3.82. The molecule has 1 unspecified atom stereocenters. The lowest BCUT2D eigenvalue weighted by Gasteiger charge is -2.12. The fourth-order valence-corrected chi connectivity index (χ4v) is 2.23. The molecule has 0 saturated carbocycles. The van der Waals surface area contributed by atoms with E-state index in [9.17, 15) is 9.50 Å². The molecular formula is C13H14BrFN2O. The SMILES string of the molecule is CCc1cc(C(O)c2cc(Br)ccc2F)n(C)n1. The fraction of sp³-hybridized carbons (Fsp3) is 0.308. The third-order valence-electron chi connectivity index (χ3n) is 2.86. The Morgan fingerprint density at radius 2 is 2.17 bits per heavy atom. The normalized spacial score (nSPS) is 12.7. The topological polar surface area (TPSA) is 38.0 Å². The number of rotatable bonds is 3. The van der Waals surface area contributed by atoms with Crippen LogP contribution in [0.2, 0.25) is 0 Å². The van der Waals surface area contributed by atoms with Crippen LogP contribution in [0.15, 0.2) is 28.7 Å². The van der Waals surface area contributed by atoms with Crippen molar-refractivity contribution >= 4 is 15.9 Å². The van der Waals surface area contributed by atoms with E-state index >= 15 is 0 Å². The lowest BCUT2D eigenvalue weighted by Crippen LogP contribution is -2.08. The van der Waals surface area contributed by atoms with Crippen molar-refractivity contribution < 1.29 is 9.50 Å². The van der Waals surface area contributed by atoms with Crippen molar-refractivity contribution in [3.63, 3.8) is 0 Å². The zero-order valence-corrected chi connectivity index (χ0v) is 11.8. The van der Waals surface area contributed by atoms with Gasteiger partial charge in [0.2, 0.25) is 0 Å². The molecule has 0 aliphatic carbocycles. The minimum Gasteiger partial charge on any atom is -0.382 e. The second-order valence-corrected chi connectivity index (χ2v) is 5.02. The minimum absolute atomic E-state index is 0.245. The Labute approximate surface area is 113 Å². The highest BCUT2D eigenvalue weighted by Crippen LogP contribution is 2.27. The summed E-state index contributed by atoms with van der Waals surface area (Å²) < 4.78 is 16.0. The van der Waals surface area contributed by atoms with E-state index in [0.29, 0.717) is 5.69 Å². The summed E-state index contributed by atoms with van der Waals surface area (Å²) in [6.07, 6.45) is -0.234. The maximum absolute atomic E-state index is 13.7. The Morgan fingerprint density at radius 1 is 1.44 bits per heavy atom. The predicted molar refractivity (Wildman–Crippen MR) is 70.7 cm³/mol. The molecule has 3 nitrogen and oxygen atoms in total. The minimum atomic E-state index is -1.01. The number of hydrogen-bond acceptors (Lipinski definition) is 2. The van der Waals surface area contributed by atoms with Crippen molar-refractivity contribution in [3.05, 3.63) is 51.5 Å². The van der Waals surface area contributed by atoms with Crippen LogP contribution < -0.4 is 0 Å². The molecular weight excluding hydrogens is 299 g/mol. The smallest absolute Gasteiger partial charge is 0.129 e. The van der Waals surface area contributed by atoms with Crippen LogP contribution in [0.3, 0.4) is 0 Å². The first-order chi connectivity index (χ1) is 8.52. The van der Waals surface area contributed by atoms with Gasteiger partial charge in [-0.1, -0.05) is 22.9 Å². The first kappa shape index (κ1) is 13.2. The molecule has 0 bridgehead atoms. The first-order valence-electron chi connectivity index (χ1n) is 5.68. The van der Waals surface area contributed by atoms with Crippen molar-refractivity contribution in [2.24, 2.45) is 7.05 Å². The maximum Gasteiger partial charge on any atom is 0.129 e. The predicted octanol–water partition coefficient (Wildman–Crippen LogP) is 2.97. The number of aromatic nitrogens is 2. The average molecular weight is 313 g/mol. The van der Waals surface area contributed by atoms with Gasteiger partial charge in [0.05, 0.1) is 11.4 Å². The number of benzene rings is 1. The molecule has 2 aromatic rings. The van der Waals surface area contributed by atoms with Crippen LogP contribution in [0.4, 0.5) is 4.39 Å². The molecule has 0 aliphatic heterocycles. The number of halogens is 2. The summed E-state index contributed by atoms with van der Waals surface area (Å²) in [6, 6.07) is 6.32. The van der Waals surface area contributed by atoms with Gasteiger partial charge >= 0.3 is 0 Å². The molecule has 5 heteroatoms. The lowest BCUT2D eigenvalue weighted by atomic mass is 10.1. The summed E-state index contributed by atoms with van der Waals surface area (Å²) in [7, 11) is 1.74. The zero-order chi connectivity index (χ0) is 13.3. The Bertz CT molecular complexity index is 568. The van der Waals surface area contributed by atoms with E-state index in [-0.39, 0.29) is 5.56 Å². The van der Waals surface area contributed by atoms with Gasteiger partial charge in [0.1, 0.15) is 11.9 Å². The Morgan fingerprint density at radius 3 is 2.78 bits per heavy atom. The van der Waals surface area contributed by atoms with Crippen LogP contribution in [0.1, 0.15) is 30.0 Å². The van der Waals surface area contributed by atoms with Gasteiger partial charge in [0.15, 0.2) is 0 Å². The number of aliphatic hydroxyl groups excluding tert-OH is 1. The van der Waals surface area contributed by atoms with Crippen LogP contribution >= 0.6 is 15.9 Å². The molecule has 0 radical (unpaired) electrons. The molecule has 96 valence electrons. The molecule has 0 aliphatic rings. The molecule has 1 heterocycles. The van der Waals surface area contributed by atoms with Crippen LogP contribution in [-0.4, -0.2) is 14.9 Å². The van der Waals surface area contributed by atoms with E-state index in [1.165, 1.54) is 6.07 Å². The summed E-state index contributed by atoms with van der Waals surface area (Å²) >= 11 is 3.27. The second kappa shape index (κ2) is 5.20. The highest BCUT2D eigenvalue weighted by molar-refractivity contribution is 9.10. The van der Waals surface area contributed by atoms with Crippen LogP contribution in [0.5, 0.6) is 0 Å². The summed E-state index contributed by atoms with van der Waals surface area (Å²) in [4.78, 5) is 0. The van der Waals surface area contributed by atoms with Gasteiger partial charge in [-0.15, -0.1) is 0 Å². The molecule has 1 atom stereocenters. The number of hydrogen-bond donors (Lipinski definition) is 1. The van der Waals surface area contributed by atoms with E-state index in [0.717, 1.165) is 16.6 Å². The highest BCUT2D eigenvalue weighted by Gasteiger charge is 2.19. The third kappa shape index (κ3) is 2.47. The molecule has 0 saturated heterocycles. The van der Waals surface area contributed by atoms with Gasteiger partial charge in [0, 0.05) is 17.1 Å². The Hall–Kier alpha value is -1.20. The van der Waals surface area contributed by atoms with Crippen molar-refractivity contribution in [3.8, 4) is 0 Å². The quantitative estimate of drug-likeness (QED) is 0.946. The molecule has 1 aromatic heterocycles. The van der Waals surface area contributed by atoms with E-state index in [2.05, 4.69) is 21.0 Å². The Balaban J connectivity index is 2.43. The van der Waals surface area contributed by atoms with E-state index in [1.807, 2.05) is 6.92 Å². The summed E-state index contributed by atoms with van der Waals surface area (Å²) in [5.74, 6) is -0.426. The van der Waals surface area contributed by atoms with E-state index in [4.69, 9.17) is 0 Å². The largest absolute Gasteiger partial charge is 0.382 e. The first-order valence-corrected chi connectivity index (χ1v) is 6.48. The third-order valence-corrected chi connectivity index (χ3v) is 3.35. The second-order valence-electron chi connectivity index (χ2n) is 4.11. The van der Waals surface area contributed by atoms with E-state index in [1.54, 1.807) is 29.9 Å². The van der Waals surface area contributed by atoms with Gasteiger partial charge < -0.3 is 5.11 Å². The van der Waals surface area contributed by atoms with Crippen molar-refractivity contribution in [2.45, 2.75) is 19.4 Å². The fourth-order valence-electron chi connectivity index (χ4n) is 1.86. The standard InChI is InChI=1S/C13H14BrFN2O/c1-3-9-7-12(17(2)16-9)13(18)10-6-8(14)4-5-11(10)15/h4-7,13,18H,3H2,1-2H3. The number of nitrogens with zero attached hydrogens (tertiary/aromatic N) is 2. The molecule has 0 spiro atoms. The molecule has 2 rings (SSSR count). The van der Waals surface area contributed by atoms with Crippen LogP contribution in [0.25, 0.3) is 0 Å². The van der Waals surface area contributed by atoms with Gasteiger partial charge in [-0.25, -0.2) is 4.39 Å². The van der Waals surface area contributed by atoms with E-state index < -0.39 is 11.9 Å². The summed E-state index contributed by atoms with van der Waals surface area (Å²) in [5.41, 5.74) is 1.71. The number of aliphatic hydroxyl groups is 1. The molecule has 1 N–H and O–H groups in total. The maximum atomic E-state index is 13.7. The van der Waals surface area contributed by atoms with Crippen molar-refractivity contribution in [2.75, 3.05) is 0 Å². The van der Waals surface area contributed by atoms with Crippen molar-refractivity contribution in [1.82, 2.24) is 9.78 Å². The van der Waals surface area contributed by atoms with Gasteiger partial charge in [0.25, 0.3) is 0 Å². The van der Waals surface area contributed by atoms with Gasteiger partial charge in [-0.05, 0) is 30.7 Å². The monoisotopic (exact) mass is 312 g/mol. The molecule has 1 aromatic carbocycles. The average Bonchev–Trinajstić information content (AvgIpc) is 2.73. The highest BCUT2D eigenvalue weighted by atomic mass is 79.9. The molecule has 0 amide bonds. The van der Waals surface area contributed by atoms with Gasteiger partial charge in [-0.3, -0.25) is 4.68 Å².